The molecule has 2 N–H and O–H groups in total. The molecule has 0 radical (unpaired) electrons. The summed E-state index contributed by atoms with van der Waals surface area (Å²) in [5.74, 6) is -0.0671. The van der Waals surface area contributed by atoms with Crippen molar-refractivity contribution in [2.24, 2.45) is 0 Å². The molecule has 0 saturated heterocycles. The standard InChI is InChI=1S/C15H17N3O/c1-11-13(15(19)16-2)6-3-7-14(11)18-10-12-5-4-8-17-9-12/h3-9,18H,10H2,1-2H3,(H,16,19). The Labute approximate surface area is 112 Å². The predicted molar refractivity (Wildman–Crippen MR) is 76.1 cm³/mol. The first-order chi connectivity index (χ1) is 9.22. The molecule has 1 aromatic heterocycles. The molecule has 0 fully saturated rings. The third kappa shape index (κ3) is 3.10. The van der Waals surface area contributed by atoms with Crippen LogP contribution in [0.15, 0.2) is 42.7 Å². The zero-order valence-electron chi connectivity index (χ0n) is 11.1. The van der Waals surface area contributed by atoms with Crippen molar-refractivity contribution in [2.45, 2.75) is 13.5 Å². The second kappa shape index (κ2) is 6.00. The maximum absolute atomic E-state index is 11.7. The number of nitrogens with one attached hydrogen (secondary N) is 2. The lowest BCUT2D eigenvalue weighted by molar-refractivity contribution is 0.0962. The van der Waals surface area contributed by atoms with Crippen LogP contribution in [0, 0.1) is 6.92 Å². The third-order valence-corrected chi connectivity index (χ3v) is 3.01. The SMILES string of the molecule is CNC(=O)c1cccc(NCc2cccnc2)c1C. The highest BCUT2D eigenvalue weighted by molar-refractivity contribution is 5.96. The number of nitrogens with zero attached hydrogens (tertiary/aromatic N) is 1. The molecule has 0 spiro atoms. The fraction of sp³-hybridized carbons (Fsp3) is 0.200. The van der Waals surface area contributed by atoms with Gasteiger partial charge >= 0.3 is 0 Å². The molecular weight excluding hydrogens is 238 g/mol. The number of anilines is 1. The Kier molecular flexibility index (Phi) is 4.13. The smallest absolute Gasteiger partial charge is 0.251 e. The molecule has 4 heteroatoms. The summed E-state index contributed by atoms with van der Waals surface area (Å²) in [7, 11) is 1.64. The number of amides is 1. The van der Waals surface area contributed by atoms with Crippen molar-refractivity contribution in [1.82, 2.24) is 10.3 Å². The van der Waals surface area contributed by atoms with Gasteiger partial charge < -0.3 is 10.6 Å². The van der Waals surface area contributed by atoms with E-state index in [-0.39, 0.29) is 5.91 Å². The lowest BCUT2D eigenvalue weighted by Crippen LogP contribution is -2.19. The molecule has 2 rings (SSSR count). The molecule has 0 aliphatic carbocycles. The second-order valence-corrected chi connectivity index (χ2v) is 4.27. The summed E-state index contributed by atoms with van der Waals surface area (Å²) in [5.41, 5.74) is 3.71. The molecule has 2 aromatic rings. The van der Waals surface area contributed by atoms with E-state index in [0.717, 1.165) is 16.8 Å². The highest BCUT2D eigenvalue weighted by atomic mass is 16.1. The molecule has 0 aliphatic heterocycles. The van der Waals surface area contributed by atoms with E-state index in [4.69, 9.17) is 0 Å². The largest absolute Gasteiger partial charge is 0.381 e. The summed E-state index contributed by atoms with van der Waals surface area (Å²) in [4.78, 5) is 15.8. The van der Waals surface area contributed by atoms with Crippen molar-refractivity contribution in [3.63, 3.8) is 0 Å². The minimum absolute atomic E-state index is 0.0671. The molecular formula is C15H17N3O. The Bertz CT molecular complexity index is 567. The summed E-state index contributed by atoms with van der Waals surface area (Å²) in [5, 5.41) is 5.97. The normalized spacial score (nSPS) is 10.0. The maximum Gasteiger partial charge on any atom is 0.251 e. The number of aromatic nitrogens is 1. The van der Waals surface area contributed by atoms with Gasteiger partial charge in [-0.1, -0.05) is 12.1 Å². The number of benzene rings is 1. The van der Waals surface area contributed by atoms with Gasteiger partial charge in [-0.05, 0) is 36.2 Å². The summed E-state index contributed by atoms with van der Waals surface area (Å²) in [6.07, 6.45) is 3.58. The summed E-state index contributed by atoms with van der Waals surface area (Å²) >= 11 is 0. The Morgan fingerprint density at radius 3 is 2.79 bits per heavy atom. The van der Waals surface area contributed by atoms with Crippen molar-refractivity contribution in [1.29, 1.82) is 0 Å². The fourth-order valence-electron chi connectivity index (χ4n) is 1.91. The van der Waals surface area contributed by atoms with Crippen molar-refractivity contribution in [3.8, 4) is 0 Å². The van der Waals surface area contributed by atoms with Crippen LogP contribution in [0.25, 0.3) is 0 Å². The van der Waals surface area contributed by atoms with E-state index >= 15 is 0 Å². The molecule has 0 bridgehead atoms. The number of hydrogen-bond acceptors (Lipinski definition) is 3. The zero-order valence-corrected chi connectivity index (χ0v) is 11.1. The second-order valence-electron chi connectivity index (χ2n) is 4.27. The van der Waals surface area contributed by atoms with Crippen LogP contribution in [0.5, 0.6) is 0 Å². The summed E-state index contributed by atoms with van der Waals surface area (Å²) in [6, 6.07) is 9.59. The number of carbonyl (C=O) groups is 1. The first-order valence-electron chi connectivity index (χ1n) is 6.17. The number of carbonyl (C=O) groups excluding carboxylic acids is 1. The Morgan fingerprint density at radius 2 is 2.11 bits per heavy atom. The topological polar surface area (TPSA) is 54.0 Å². The van der Waals surface area contributed by atoms with Crippen LogP contribution in [0.2, 0.25) is 0 Å². The molecule has 1 heterocycles. The predicted octanol–water partition coefficient (Wildman–Crippen LogP) is 2.36. The Hall–Kier alpha value is -2.36. The number of rotatable bonds is 4. The van der Waals surface area contributed by atoms with Crippen molar-refractivity contribution < 1.29 is 4.79 Å². The van der Waals surface area contributed by atoms with E-state index in [1.807, 2.05) is 43.5 Å². The van der Waals surface area contributed by atoms with Gasteiger partial charge in [0.2, 0.25) is 0 Å². The van der Waals surface area contributed by atoms with Gasteiger partial charge in [-0.3, -0.25) is 9.78 Å². The van der Waals surface area contributed by atoms with Crippen molar-refractivity contribution >= 4 is 11.6 Å². The van der Waals surface area contributed by atoms with Crippen LogP contribution < -0.4 is 10.6 Å². The molecule has 4 nitrogen and oxygen atoms in total. The minimum Gasteiger partial charge on any atom is -0.381 e. The number of pyridine rings is 1. The van der Waals surface area contributed by atoms with Crippen molar-refractivity contribution in [2.75, 3.05) is 12.4 Å². The zero-order chi connectivity index (χ0) is 13.7. The van der Waals surface area contributed by atoms with Crippen LogP contribution in [-0.2, 0) is 6.54 Å². The molecule has 0 saturated carbocycles. The van der Waals surface area contributed by atoms with Crippen LogP contribution in [0.4, 0.5) is 5.69 Å². The van der Waals surface area contributed by atoms with Gasteiger partial charge in [0.1, 0.15) is 0 Å². The minimum atomic E-state index is -0.0671. The van der Waals surface area contributed by atoms with Gasteiger partial charge in [0.05, 0.1) is 0 Å². The van der Waals surface area contributed by atoms with Gasteiger partial charge in [-0.15, -0.1) is 0 Å². The van der Waals surface area contributed by atoms with Crippen LogP contribution in [0.3, 0.4) is 0 Å². The quantitative estimate of drug-likeness (QED) is 0.881. The van der Waals surface area contributed by atoms with E-state index < -0.39 is 0 Å². The van der Waals surface area contributed by atoms with Gasteiger partial charge in [0, 0.05) is 37.2 Å². The molecule has 0 unspecified atom stereocenters. The molecule has 1 aromatic carbocycles. The Balaban J connectivity index is 2.15. The molecule has 19 heavy (non-hydrogen) atoms. The molecule has 0 aliphatic rings. The van der Waals surface area contributed by atoms with E-state index in [1.165, 1.54) is 0 Å². The van der Waals surface area contributed by atoms with Gasteiger partial charge in [0.25, 0.3) is 5.91 Å². The summed E-state index contributed by atoms with van der Waals surface area (Å²) < 4.78 is 0. The first kappa shape index (κ1) is 13.1. The third-order valence-electron chi connectivity index (χ3n) is 3.01. The Morgan fingerprint density at radius 1 is 1.26 bits per heavy atom. The fourth-order valence-corrected chi connectivity index (χ4v) is 1.91. The molecule has 1 amide bonds. The lowest BCUT2D eigenvalue weighted by atomic mass is 10.1. The monoisotopic (exact) mass is 255 g/mol. The maximum atomic E-state index is 11.7. The highest BCUT2D eigenvalue weighted by Gasteiger charge is 2.09. The highest BCUT2D eigenvalue weighted by Crippen LogP contribution is 2.19. The van der Waals surface area contributed by atoms with E-state index in [9.17, 15) is 4.79 Å². The lowest BCUT2D eigenvalue weighted by Gasteiger charge is -2.12. The first-order valence-corrected chi connectivity index (χ1v) is 6.17. The van der Waals surface area contributed by atoms with Crippen molar-refractivity contribution in [3.05, 3.63) is 59.4 Å². The van der Waals surface area contributed by atoms with Crippen LogP contribution in [-0.4, -0.2) is 17.9 Å². The van der Waals surface area contributed by atoms with E-state index in [2.05, 4.69) is 15.6 Å². The van der Waals surface area contributed by atoms with Gasteiger partial charge in [-0.25, -0.2) is 0 Å². The average Bonchev–Trinajstić information content (AvgIpc) is 2.46. The van der Waals surface area contributed by atoms with E-state index in [0.29, 0.717) is 12.1 Å². The van der Waals surface area contributed by atoms with Crippen LogP contribution in [0.1, 0.15) is 21.5 Å². The van der Waals surface area contributed by atoms with E-state index in [1.54, 1.807) is 13.2 Å². The van der Waals surface area contributed by atoms with Gasteiger partial charge in [-0.2, -0.15) is 0 Å². The number of hydrogen-bond donors (Lipinski definition) is 2. The summed E-state index contributed by atoms with van der Waals surface area (Å²) in [6.45, 7) is 2.63. The average molecular weight is 255 g/mol. The molecule has 98 valence electrons. The van der Waals surface area contributed by atoms with Gasteiger partial charge in [0.15, 0.2) is 0 Å². The molecule has 0 atom stereocenters. The van der Waals surface area contributed by atoms with Crippen LogP contribution >= 0.6 is 0 Å².